The van der Waals surface area contributed by atoms with E-state index in [1.807, 2.05) is 13.8 Å². The molecule has 0 aromatic carbocycles. The number of piperidine rings is 1. The first-order chi connectivity index (χ1) is 11.4. The Hall–Kier alpha value is -2.05. The molecule has 0 aromatic rings. The molecule has 3 amide bonds. The molecular formula is C17H27N3O4. The second-order valence-electron chi connectivity index (χ2n) is 6.68. The van der Waals surface area contributed by atoms with E-state index >= 15 is 0 Å². The first-order valence-corrected chi connectivity index (χ1v) is 8.54. The average molecular weight is 337 g/mol. The Morgan fingerprint density at radius 1 is 1.38 bits per heavy atom. The first-order valence-electron chi connectivity index (χ1n) is 8.54. The summed E-state index contributed by atoms with van der Waals surface area (Å²) >= 11 is 0. The number of nitrogens with zero attached hydrogens (tertiary/aromatic N) is 2. The molecule has 0 radical (unpaired) electrons. The SMILES string of the molecule is C=CCOC(=O)N1CCC(NC(=O)C2CC(=O)N(C(C)C)C2)CC1. The van der Waals surface area contributed by atoms with Crippen LogP contribution in [-0.2, 0) is 14.3 Å². The van der Waals surface area contributed by atoms with Crippen molar-refractivity contribution in [1.29, 1.82) is 0 Å². The van der Waals surface area contributed by atoms with Crippen LogP contribution < -0.4 is 5.32 Å². The zero-order valence-corrected chi connectivity index (χ0v) is 14.5. The number of rotatable bonds is 5. The van der Waals surface area contributed by atoms with Crippen molar-refractivity contribution in [2.45, 2.75) is 45.2 Å². The number of hydrogen-bond acceptors (Lipinski definition) is 4. The fraction of sp³-hybridized carbons (Fsp3) is 0.706. The van der Waals surface area contributed by atoms with E-state index in [1.54, 1.807) is 9.80 Å². The number of ether oxygens (including phenoxy) is 1. The van der Waals surface area contributed by atoms with Crippen molar-refractivity contribution in [1.82, 2.24) is 15.1 Å². The van der Waals surface area contributed by atoms with Crippen molar-refractivity contribution < 1.29 is 19.1 Å². The number of likely N-dealkylation sites (tertiary alicyclic amines) is 2. The minimum absolute atomic E-state index is 0.0455. The van der Waals surface area contributed by atoms with Crippen LogP contribution in [0.4, 0.5) is 4.79 Å². The van der Waals surface area contributed by atoms with Crippen LogP contribution in [0, 0.1) is 5.92 Å². The highest BCUT2D eigenvalue weighted by molar-refractivity contribution is 5.89. The van der Waals surface area contributed by atoms with Gasteiger partial charge in [-0.1, -0.05) is 12.7 Å². The summed E-state index contributed by atoms with van der Waals surface area (Å²) in [6.07, 6.45) is 2.88. The summed E-state index contributed by atoms with van der Waals surface area (Å²) in [7, 11) is 0. The molecule has 24 heavy (non-hydrogen) atoms. The molecule has 2 fully saturated rings. The van der Waals surface area contributed by atoms with Crippen LogP contribution in [0.2, 0.25) is 0 Å². The standard InChI is InChI=1S/C17H27N3O4/c1-4-9-24-17(23)19-7-5-14(6-8-19)18-16(22)13-10-15(21)20(11-13)12(2)3/h4,12-14H,1,5-11H2,2-3H3,(H,18,22). The first kappa shape index (κ1) is 18.3. The number of carbonyl (C=O) groups is 3. The molecule has 2 aliphatic rings. The quantitative estimate of drug-likeness (QED) is 0.763. The van der Waals surface area contributed by atoms with E-state index in [0.717, 1.165) is 0 Å². The molecule has 2 heterocycles. The molecular weight excluding hydrogens is 310 g/mol. The Morgan fingerprint density at radius 3 is 2.58 bits per heavy atom. The minimum Gasteiger partial charge on any atom is -0.445 e. The van der Waals surface area contributed by atoms with Gasteiger partial charge in [-0.3, -0.25) is 9.59 Å². The highest BCUT2D eigenvalue weighted by Crippen LogP contribution is 2.21. The molecule has 0 saturated carbocycles. The van der Waals surface area contributed by atoms with E-state index in [0.29, 0.717) is 32.5 Å². The summed E-state index contributed by atoms with van der Waals surface area (Å²) in [5.74, 6) is -0.278. The lowest BCUT2D eigenvalue weighted by Gasteiger charge is -2.32. The van der Waals surface area contributed by atoms with Gasteiger partial charge in [0, 0.05) is 38.1 Å². The molecule has 0 aromatic heterocycles. The Bertz CT molecular complexity index is 498. The predicted octanol–water partition coefficient (Wildman–Crippen LogP) is 1.15. The summed E-state index contributed by atoms with van der Waals surface area (Å²) < 4.78 is 5.01. The molecule has 2 rings (SSSR count). The second-order valence-corrected chi connectivity index (χ2v) is 6.68. The fourth-order valence-corrected chi connectivity index (χ4v) is 3.15. The van der Waals surface area contributed by atoms with Crippen molar-refractivity contribution in [3.8, 4) is 0 Å². The second kappa shape index (κ2) is 8.17. The van der Waals surface area contributed by atoms with Crippen LogP contribution >= 0.6 is 0 Å². The fourth-order valence-electron chi connectivity index (χ4n) is 3.15. The molecule has 0 bridgehead atoms. The Balaban J connectivity index is 1.76. The molecule has 1 unspecified atom stereocenters. The van der Waals surface area contributed by atoms with Gasteiger partial charge >= 0.3 is 6.09 Å². The molecule has 7 heteroatoms. The van der Waals surface area contributed by atoms with E-state index in [2.05, 4.69) is 11.9 Å². The summed E-state index contributed by atoms with van der Waals surface area (Å²) in [5, 5.41) is 3.03. The van der Waals surface area contributed by atoms with E-state index in [-0.39, 0.29) is 48.9 Å². The van der Waals surface area contributed by atoms with Crippen LogP contribution in [-0.4, -0.2) is 66.0 Å². The molecule has 0 spiro atoms. The summed E-state index contributed by atoms with van der Waals surface area (Å²) in [6.45, 7) is 9.24. The van der Waals surface area contributed by atoms with Gasteiger partial charge in [0.15, 0.2) is 0 Å². The molecule has 2 aliphatic heterocycles. The minimum atomic E-state index is -0.339. The van der Waals surface area contributed by atoms with Crippen molar-refractivity contribution in [3.05, 3.63) is 12.7 Å². The van der Waals surface area contributed by atoms with Gasteiger partial charge in [0.2, 0.25) is 11.8 Å². The lowest BCUT2D eigenvalue weighted by molar-refractivity contribution is -0.130. The predicted molar refractivity (Wildman–Crippen MR) is 89.2 cm³/mol. The van der Waals surface area contributed by atoms with Gasteiger partial charge < -0.3 is 19.9 Å². The zero-order chi connectivity index (χ0) is 17.7. The third-order valence-electron chi connectivity index (χ3n) is 4.58. The van der Waals surface area contributed by atoms with E-state index in [9.17, 15) is 14.4 Å². The van der Waals surface area contributed by atoms with Crippen molar-refractivity contribution in [2.24, 2.45) is 5.92 Å². The smallest absolute Gasteiger partial charge is 0.410 e. The van der Waals surface area contributed by atoms with Crippen LogP contribution in [0.15, 0.2) is 12.7 Å². The third-order valence-corrected chi connectivity index (χ3v) is 4.58. The van der Waals surface area contributed by atoms with Gasteiger partial charge in [0.05, 0.1) is 5.92 Å². The molecule has 1 N–H and O–H groups in total. The van der Waals surface area contributed by atoms with Gasteiger partial charge in [-0.25, -0.2) is 4.79 Å². The highest BCUT2D eigenvalue weighted by atomic mass is 16.6. The maximum atomic E-state index is 12.4. The van der Waals surface area contributed by atoms with Crippen molar-refractivity contribution in [3.63, 3.8) is 0 Å². The van der Waals surface area contributed by atoms with E-state index in [1.165, 1.54) is 6.08 Å². The Kier molecular flexibility index (Phi) is 6.23. The lowest BCUT2D eigenvalue weighted by Crippen LogP contribution is -2.48. The molecule has 1 atom stereocenters. The number of hydrogen-bond donors (Lipinski definition) is 1. The molecule has 134 valence electrons. The largest absolute Gasteiger partial charge is 0.445 e. The monoisotopic (exact) mass is 337 g/mol. The van der Waals surface area contributed by atoms with Crippen LogP contribution in [0.1, 0.15) is 33.1 Å². The van der Waals surface area contributed by atoms with Crippen molar-refractivity contribution >= 4 is 17.9 Å². The van der Waals surface area contributed by atoms with Gasteiger partial charge in [-0.05, 0) is 26.7 Å². The zero-order valence-electron chi connectivity index (χ0n) is 14.5. The molecule has 2 saturated heterocycles. The molecule has 0 aliphatic carbocycles. The topological polar surface area (TPSA) is 79.0 Å². The molecule has 7 nitrogen and oxygen atoms in total. The van der Waals surface area contributed by atoms with Gasteiger partial charge in [-0.15, -0.1) is 0 Å². The van der Waals surface area contributed by atoms with Gasteiger partial charge in [0.1, 0.15) is 6.61 Å². The normalized spacial score (nSPS) is 22.0. The van der Waals surface area contributed by atoms with Crippen LogP contribution in [0.5, 0.6) is 0 Å². The van der Waals surface area contributed by atoms with Gasteiger partial charge in [0.25, 0.3) is 0 Å². The average Bonchev–Trinajstić information content (AvgIpc) is 2.95. The van der Waals surface area contributed by atoms with E-state index < -0.39 is 0 Å². The van der Waals surface area contributed by atoms with Crippen LogP contribution in [0.3, 0.4) is 0 Å². The lowest BCUT2D eigenvalue weighted by atomic mass is 10.0. The maximum absolute atomic E-state index is 12.4. The third kappa shape index (κ3) is 4.49. The van der Waals surface area contributed by atoms with Crippen LogP contribution in [0.25, 0.3) is 0 Å². The Labute approximate surface area is 143 Å². The summed E-state index contributed by atoms with van der Waals surface area (Å²) in [5.41, 5.74) is 0. The highest BCUT2D eigenvalue weighted by Gasteiger charge is 2.36. The number of carbonyl (C=O) groups excluding carboxylic acids is 3. The summed E-state index contributed by atoms with van der Waals surface area (Å²) in [4.78, 5) is 39.4. The number of nitrogens with one attached hydrogen (secondary N) is 1. The Morgan fingerprint density at radius 2 is 2.04 bits per heavy atom. The van der Waals surface area contributed by atoms with Crippen molar-refractivity contribution in [2.75, 3.05) is 26.2 Å². The van der Waals surface area contributed by atoms with E-state index in [4.69, 9.17) is 4.74 Å². The van der Waals surface area contributed by atoms with Gasteiger partial charge in [-0.2, -0.15) is 0 Å². The number of amides is 3. The maximum Gasteiger partial charge on any atom is 0.410 e. The summed E-state index contributed by atoms with van der Waals surface area (Å²) in [6, 6.07) is 0.171.